The zero-order chi connectivity index (χ0) is 24.5. The number of para-hydroxylation sites is 1. The molecule has 0 radical (unpaired) electrons. The van der Waals surface area contributed by atoms with Gasteiger partial charge in [-0.05, 0) is 65.7 Å². The van der Waals surface area contributed by atoms with Gasteiger partial charge in [0.25, 0.3) is 5.56 Å². The molecule has 0 aliphatic rings. The van der Waals surface area contributed by atoms with Crippen LogP contribution in [0.4, 0.5) is 0 Å². The third kappa shape index (κ3) is 4.55. The summed E-state index contributed by atoms with van der Waals surface area (Å²) in [6.45, 7) is 1.90. The lowest BCUT2D eigenvalue weighted by Gasteiger charge is -2.14. The Kier molecular flexibility index (Phi) is 6.32. The van der Waals surface area contributed by atoms with Gasteiger partial charge >= 0.3 is 0 Å². The molecular formula is C28H21ClN2O3S. The number of benzene rings is 4. The number of rotatable bonds is 6. The average molecular weight is 501 g/mol. The Bertz CT molecular complexity index is 1660. The SMILES string of the molecule is COc1ccc2cc(C(=O)CSc3nc4ccccc4c(=O)n3-c3ccc(C)c(Cl)c3)ccc2c1. The van der Waals surface area contributed by atoms with Gasteiger partial charge in [-0.2, -0.15) is 0 Å². The largest absolute Gasteiger partial charge is 0.497 e. The van der Waals surface area contributed by atoms with Gasteiger partial charge in [0.15, 0.2) is 10.9 Å². The van der Waals surface area contributed by atoms with Crippen molar-refractivity contribution in [3.63, 3.8) is 0 Å². The van der Waals surface area contributed by atoms with Crippen LogP contribution in [0.1, 0.15) is 15.9 Å². The fraction of sp³-hybridized carbons (Fsp3) is 0.107. The van der Waals surface area contributed by atoms with Crippen molar-refractivity contribution in [3.05, 3.63) is 105 Å². The van der Waals surface area contributed by atoms with E-state index in [0.29, 0.717) is 32.3 Å². The third-order valence-electron chi connectivity index (χ3n) is 5.86. The number of thioether (sulfide) groups is 1. The summed E-state index contributed by atoms with van der Waals surface area (Å²) in [5, 5.41) is 3.45. The molecule has 0 saturated carbocycles. The maximum atomic E-state index is 13.4. The number of halogens is 1. The maximum Gasteiger partial charge on any atom is 0.266 e. The number of methoxy groups -OCH3 is 1. The molecule has 5 nitrogen and oxygen atoms in total. The fourth-order valence-corrected chi connectivity index (χ4v) is 4.98. The minimum absolute atomic E-state index is 0.0522. The number of carbonyl (C=O) groups is 1. The Morgan fingerprint density at radius 1 is 1.00 bits per heavy atom. The van der Waals surface area contributed by atoms with E-state index in [-0.39, 0.29) is 17.1 Å². The maximum absolute atomic E-state index is 13.4. The molecule has 0 N–H and O–H groups in total. The Hall–Kier alpha value is -3.61. The van der Waals surface area contributed by atoms with Gasteiger partial charge in [0.2, 0.25) is 0 Å². The zero-order valence-electron chi connectivity index (χ0n) is 19.1. The molecule has 5 rings (SSSR count). The zero-order valence-corrected chi connectivity index (χ0v) is 20.7. The number of aryl methyl sites for hydroxylation is 1. The number of ether oxygens (including phenoxy) is 1. The summed E-state index contributed by atoms with van der Waals surface area (Å²) in [7, 11) is 1.63. The van der Waals surface area contributed by atoms with Crippen molar-refractivity contribution in [2.45, 2.75) is 12.1 Å². The first-order valence-electron chi connectivity index (χ1n) is 11.0. The van der Waals surface area contributed by atoms with Crippen LogP contribution in [-0.2, 0) is 0 Å². The van der Waals surface area contributed by atoms with Crippen molar-refractivity contribution >= 4 is 50.8 Å². The molecule has 0 bridgehead atoms. The quantitative estimate of drug-likeness (QED) is 0.151. The number of nitrogens with zero attached hydrogens (tertiary/aromatic N) is 2. The van der Waals surface area contributed by atoms with Gasteiger partial charge in [-0.25, -0.2) is 4.98 Å². The highest BCUT2D eigenvalue weighted by molar-refractivity contribution is 7.99. The second-order valence-corrected chi connectivity index (χ2v) is 9.47. The monoisotopic (exact) mass is 500 g/mol. The highest BCUT2D eigenvalue weighted by Crippen LogP contribution is 2.26. The molecule has 0 atom stereocenters. The molecule has 7 heteroatoms. The summed E-state index contributed by atoms with van der Waals surface area (Å²) in [4.78, 5) is 31.2. The molecule has 5 aromatic rings. The molecule has 174 valence electrons. The summed E-state index contributed by atoms with van der Waals surface area (Å²) in [5.41, 5.74) is 2.50. The van der Waals surface area contributed by atoms with Crippen LogP contribution in [0.3, 0.4) is 0 Å². The number of hydrogen-bond acceptors (Lipinski definition) is 5. The number of aromatic nitrogens is 2. The molecular weight excluding hydrogens is 480 g/mol. The van der Waals surface area contributed by atoms with Gasteiger partial charge in [0.1, 0.15) is 5.75 Å². The summed E-state index contributed by atoms with van der Waals surface area (Å²) in [6.07, 6.45) is 0. The topological polar surface area (TPSA) is 61.2 Å². The molecule has 0 unspecified atom stereocenters. The van der Waals surface area contributed by atoms with Crippen molar-refractivity contribution < 1.29 is 9.53 Å². The second kappa shape index (κ2) is 9.56. The van der Waals surface area contributed by atoms with E-state index in [4.69, 9.17) is 21.3 Å². The van der Waals surface area contributed by atoms with Crippen LogP contribution < -0.4 is 10.3 Å². The summed E-state index contributed by atoms with van der Waals surface area (Å²) >= 11 is 7.59. The summed E-state index contributed by atoms with van der Waals surface area (Å²) < 4.78 is 6.80. The van der Waals surface area contributed by atoms with Crippen LogP contribution in [0.5, 0.6) is 5.75 Å². The molecule has 35 heavy (non-hydrogen) atoms. The fourth-order valence-electron chi connectivity index (χ4n) is 3.90. The standard InChI is InChI=1S/C28H21ClN2O3S/c1-17-7-11-21(15-24(17)29)31-27(33)23-5-3-4-6-25(23)30-28(31)35-16-26(32)20-9-8-19-14-22(34-2)12-10-18(19)13-20/h3-15H,16H2,1-2H3. The third-order valence-corrected chi connectivity index (χ3v) is 7.21. The average Bonchev–Trinajstić information content (AvgIpc) is 2.88. The first-order valence-corrected chi connectivity index (χ1v) is 12.3. The van der Waals surface area contributed by atoms with Gasteiger partial charge in [0.05, 0.1) is 29.5 Å². The Balaban J connectivity index is 1.51. The Morgan fingerprint density at radius 2 is 1.77 bits per heavy atom. The van der Waals surface area contributed by atoms with Crippen LogP contribution in [0, 0.1) is 6.92 Å². The van der Waals surface area contributed by atoms with E-state index in [1.807, 2.05) is 67.6 Å². The van der Waals surface area contributed by atoms with Crippen LogP contribution in [-0.4, -0.2) is 28.2 Å². The molecule has 0 aliphatic heterocycles. The normalized spacial score (nSPS) is 11.2. The molecule has 4 aromatic carbocycles. The van der Waals surface area contributed by atoms with E-state index in [9.17, 15) is 9.59 Å². The predicted octanol–water partition coefficient (Wildman–Crippen LogP) is 6.48. The van der Waals surface area contributed by atoms with Crippen molar-refractivity contribution in [2.24, 2.45) is 0 Å². The molecule has 0 saturated heterocycles. The number of fused-ring (bicyclic) bond motifs is 2. The molecule has 0 spiro atoms. The van der Waals surface area contributed by atoms with Crippen molar-refractivity contribution in [1.29, 1.82) is 0 Å². The van der Waals surface area contributed by atoms with Crippen molar-refractivity contribution in [1.82, 2.24) is 9.55 Å². The van der Waals surface area contributed by atoms with E-state index in [1.165, 1.54) is 16.3 Å². The minimum Gasteiger partial charge on any atom is -0.497 e. The molecule has 0 aliphatic carbocycles. The highest BCUT2D eigenvalue weighted by atomic mass is 35.5. The van der Waals surface area contributed by atoms with Gasteiger partial charge in [-0.3, -0.25) is 14.2 Å². The lowest BCUT2D eigenvalue weighted by Crippen LogP contribution is -2.22. The van der Waals surface area contributed by atoms with Crippen LogP contribution in [0.25, 0.3) is 27.4 Å². The Labute approximate surface area is 211 Å². The number of carbonyl (C=O) groups excluding carboxylic acids is 1. The molecule has 0 fully saturated rings. The van der Waals surface area contributed by atoms with Gasteiger partial charge in [-0.1, -0.05) is 59.8 Å². The Morgan fingerprint density at radius 3 is 2.57 bits per heavy atom. The smallest absolute Gasteiger partial charge is 0.266 e. The van der Waals surface area contributed by atoms with E-state index in [1.54, 1.807) is 25.3 Å². The number of hydrogen-bond donors (Lipinski definition) is 0. The highest BCUT2D eigenvalue weighted by Gasteiger charge is 2.16. The van der Waals surface area contributed by atoms with Crippen LogP contribution in [0.15, 0.2) is 88.8 Å². The van der Waals surface area contributed by atoms with Gasteiger partial charge < -0.3 is 4.74 Å². The molecule has 0 amide bonds. The van der Waals surface area contributed by atoms with Gasteiger partial charge in [-0.15, -0.1) is 0 Å². The molecule has 1 heterocycles. The van der Waals surface area contributed by atoms with Gasteiger partial charge in [0, 0.05) is 10.6 Å². The van der Waals surface area contributed by atoms with Crippen LogP contribution >= 0.6 is 23.4 Å². The summed E-state index contributed by atoms with van der Waals surface area (Å²) in [5.74, 6) is 0.846. The van der Waals surface area contributed by atoms with Crippen molar-refractivity contribution in [3.8, 4) is 11.4 Å². The minimum atomic E-state index is -0.204. The van der Waals surface area contributed by atoms with E-state index >= 15 is 0 Å². The van der Waals surface area contributed by atoms with E-state index in [2.05, 4.69) is 0 Å². The van der Waals surface area contributed by atoms with Crippen molar-refractivity contribution in [2.75, 3.05) is 12.9 Å². The lowest BCUT2D eigenvalue weighted by molar-refractivity contribution is 0.102. The summed E-state index contributed by atoms with van der Waals surface area (Å²) in [6, 6.07) is 24.0. The first-order chi connectivity index (χ1) is 16.9. The number of ketones is 1. The van der Waals surface area contributed by atoms with Crippen LogP contribution in [0.2, 0.25) is 5.02 Å². The van der Waals surface area contributed by atoms with E-state index < -0.39 is 0 Å². The predicted molar refractivity (Wildman–Crippen MR) is 143 cm³/mol. The first kappa shape index (κ1) is 23.1. The molecule has 1 aromatic heterocycles. The van der Waals surface area contributed by atoms with E-state index in [0.717, 1.165) is 22.1 Å². The number of Topliss-reactive ketones (excluding diaryl/α,β-unsaturated/α-hetero) is 1. The lowest BCUT2D eigenvalue weighted by atomic mass is 10.0. The second-order valence-electron chi connectivity index (χ2n) is 8.13.